The Bertz CT molecular complexity index is 1240. The molecule has 0 unspecified atom stereocenters. The summed E-state index contributed by atoms with van der Waals surface area (Å²) in [6, 6.07) is 8.21. The van der Waals surface area contributed by atoms with Crippen molar-refractivity contribution in [1.82, 2.24) is 13.9 Å². The summed E-state index contributed by atoms with van der Waals surface area (Å²) in [5.41, 5.74) is 1.70. The van der Waals surface area contributed by atoms with Crippen LogP contribution in [0.1, 0.15) is 31.2 Å². The Hall–Kier alpha value is -2.98. The van der Waals surface area contributed by atoms with E-state index in [2.05, 4.69) is 4.98 Å². The van der Waals surface area contributed by atoms with E-state index in [1.54, 1.807) is 18.5 Å². The molecule has 170 valence electrons. The summed E-state index contributed by atoms with van der Waals surface area (Å²) < 4.78 is 38.7. The van der Waals surface area contributed by atoms with Gasteiger partial charge in [-0.3, -0.25) is 14.3 Å². The second-order valence-corrected chi connectivity index (χ2v) is 9.63. The van der Waals surface area contributed by atoms with Crippen molar-refractivity contribution in [1.29, 1.82) is 0 Å². The van der Waals surface area contributed by atoms with Crippen molar-refractivity contribution in [3.63, 3.8) is 0 Å². The lowest BCUT2D eigenvalue weighted by Gasteiger charge is -2.15. The van der Waals surface area contributed by atoms with Gasteiger partial charge < -0.3 is 9.15 Å². The molecule has 1 aliphatic heterocycles. The number of aromatic nitrogens is 2. The molecule has 0 aliphatic carbocycles. The first-order valence-electron chi connectivity index (χ1n) is 10.6. The number of carbonyl (C=O) groups is 1. The molecular weight excluding hydrogens is 434 g/mol. The molecule has 3 heterocycles. The number of sulfonamides is 1. The largest absolute Gasteiger partial charge is 0.466 e. The Kier molecular flexibility index (Phi) is 6.71. The first kappa shape index (κ1) is 22.2. The third kappa shape index (κ3) is 4.91. The molecule has 10 heteroatoms. The first-order chi connectivity index (χ1) is 15.4. The molecule has 1 aliphatic rings. The van der Waals surface area contributed by atoms with E-state index in [4.69, 9.17) is 9.15 Å². The van der Waals surface area contributed by atoms with Crippen LogP contribution in [0.25, 0.3) is 11.1 Å². The number of hydrogen-bond donors (Lipinski definition) is 0. The van der Waals surface area contributed by atoms with Crippen LogP contribution in [0.2, 0.25) is 0 Å². The molecule has 0 bridgehead atoms. The highest BCUT2D eigenvalue weighted by Gasteiger charge is 2.28. The molecule has 1 saturated heterocycles. The van der Waals surface area contributed by atoms with Gasteiger partial charge in [0.1, 0.15) is 0 Å². The number of benzene rings is 1. The number of carbonyl (C=O) groups excluding carboxylic acids is 1. The summed E-state index contributed by atoms with van der Waals surface area (Å²) in [6.45, 7) is 1.36. The average Bonchev–Trinajstić information content (AvgIpc) is 3.44. The van der Waals surface area contributed by atoms with Gasteiger partial charge >= 0.3 is 11.7 Å². The smallest absolute Gasteiger partial charge is 0.419 e. The van der Waals surface area contributed by atoms with Crippen LogP contribution in [0.15, 0.2) is 56.8 Å². The number of pyridine rings is 1. The van der Waals surface area contributed by atoms with Gasteiger partial charge in [0.15, 0.2) is 5.58 Å². The highest BCUT2D eigenvalue weighted by molar-refractivity contribution is 7.89. The van der Waals surface area contributed by atoms with Crippen molar-refractivity contribution in [3.05, 3.63) is 58.8 Å². The maximum atomic E-state index is 12.7. The molecule has 1 fully saturated rings. The number of rotatable bonds is 9. The normalized spacial score (nSPS) is 14.8. The van der Waals surface area contributed by atoms with Crippen LogP contribution in [0.3, 0.4) is 0 Å². The minimum Gasteiger partial charge on any atom is -0.466 e. The maximum absolute atomic E-state index is 12.7. The van der Waals surface area contributed by atoms with Crippen LogP contribution in [0.5, 0.6) is 0 Å². The Labute approximate surface area is 185 Å². The SMILES string of the molecule is O=C(CCn1c(=O)oc2cc(S(=O)(=O)N3CCCC3)ccc21)OCCCc1cccnc1. The third-order valence-electron chi connectivity index (χ3n) is 5.48. The monoisotopic (exact) mass is 459 g/mol. The van der Waals surface area contributed by atoms with E-state index in [1.165, 1.54) is 21.0 Å². The zero-order chi connectivity index (χ0) is 22.6. The minimum absolute atomic E-state index is 0.00919. The number of esters is 1. The lowest BCUT2D eigenvalue weighted by atomic mass is 10.2. The molecule has 3 aromatic rings. The second-order valence-electron chi connectivity index (χ2n) is 7.70. The van der Waals surface area contributed by atoms with Crippen molar-refractivity contribution in [2.75, 3.05) is 19.7 Å². The molecule has 4 rings (SSSR count). The number of oxazole rings is 1. The Balaban J connectivity index is 1.35. The van der Waals surface area contributed by atoms with Crippen LogP contribution in [0.4, 0.5) is 0 Å². The fraction of sp³-hybridized carbons (Fsp3) is 0.409. The van der Waals surface area contributed by atoms with Gasteiger partial charge in [-0.05, 0) is 49.4 Å². The summed E-state index contributed by atoms with van der Waals surface area (Å²) in [6.07, 6.45) is 6.61. The van der Waals surface area contributed by atoms with Gasteiger partial charge in [-0.15, -0.1) is 0 Å². The molecule has 9 nitrogen and oxygen atoms in total. The van der Waals surface area contributed by atoms with Gasteiger partial charge in [0, 0.05) is 38.1 Å². The summed E-state index contributed by atoms with van der Waals surface area (Å²) in [5.74, 6) is -1.05. The lowest BCUT2D eigenvalue weighted by Crippen LogP contribution is -2.27. The molecule has 0 amide bonds. The molecule has 0 N–H and O–H groups in total. The predicted octanol–water partition coefficient (Wildman–Crippen LogP) is 2.34. The van der Waals surface area contributed by atoms with Crippen LogP contribution in [-0.2, 0) is 32.5 Å². The number of aryl methyl sites for hydroxylation is 2. The van der Waals surface area contributed by atoms with Crippen molar-refractivity contribution >= 4 is 27.1 Å². The fourth-order valence-electron chi connectivity index (χ4n) is 3.78. The highest BCUT2D eigenvalue weighted by Crippen LogP contribution is 2.24. The molecule has 32 heavy (non-hydrogen) atoms. The molecular formula is C22H25N3O6S. The van der Waals surface area contributed by atoms with Gasteiger partial charge in [-0.2, -0.15) is 4.31 Å². The molecule has 2 aromatic heterocycles. The third-order valence-corrected chi connectivity index (χ3v) is 7.37. The van der Waals surface area contributed by atoms with Crippen LogP contribution in [0, 0.1) is 0 Å². The van der Waals surface area contributed by atoms with Gasteiger partial charge in [0.25, 0.3) is 0 Å². The Morgan fingerprint density at radius 1 is 1.19 bits per heavy atom. The zero-order valence-electron chi connectivity index (χ0n) is 17.6. The van der Waals surface area contributed by atoms with Crippen molar-refractivity contribution in [3.8, 4) is 0 Å². The van der Waals surface area contributed by atoms with E-state index >= 15 is 0 Å². The highest BCUT2D eigenvalue weighted by atomic mass is 32.2. The molecule has 0 radical (unpaired) electrons. The van der Waals surface area contributed by atoms with Gasteiger partial charge in [-0.25, -0.2) is 13.2 Å². The summed E-state index contributed by atoms with van der Waals surface area (Å²) >= 11 is 0. The van der Waals surface area contributed by atoms with Crippen molar-refractivity contribution < 1.29 is 22.4 Å². The predicted molar refractivity (Wildman–Crippen MR) is 117 cm³/mol. The number of nitrogens with zero attached hydrogens (tertiary/aromatic N) is 3. The fourth-order valence-corrected chi connectivity index (χ4v) is 5.31. The Morgan fingerprint density at radius 2 is 2.00 bits per heavy atom. The van der Waals surface area contributed by atoms with Gasteiger partial charge in [0.2, 0.25) is 10.0 Å². The quantitative estimate of drug-likeness (QED) is 0.357. The standard InChI is InChI=1S/C22H25N3O6S/c26-21(30-14-4-6-17-5-3-10-23-16-17)9-13-25-19-8-7-18(15-20(19)31-22(25)27)32(28,29)24-11-1-2-12-24/h3,5,7-8,10,15-16H,1-2,4,6,9,11-14H2. The summed E-state index contributed by atoms with van der Waals surface area (Å²) in [4.78, 5) is 28.5. The van der Waals surface area contributed by atoms with Crippen molar-refractivity contribution in [2.24, 2.45) is 0 Å². The second kappa shape index (κ2) is 9.66. The van der Waals surface area contributed by atoms with E-state index in [0.717, 1.165) is 24.8 Å². The van der Waals surface area contributed by atoms with E-state index in [1.807, 2.05) is 12.1 Å². The lowest BCUT2D eigenvalue weighted by molar-refractivity contribution is -0.144. The topological polar surface area (TPSA) is 112 Å². The minimum atomic E-state index is -3.61. The first-order valence-corrected chi connectivity index (χ1v) is 12.1. The summed E-state index contributed by atoms with van der Waals surface area (Å²) in [7, 11) is -3.61. The number of hydrogen-bond acceptors (Lipinski definition) is 7. The zero-order valence-corrected chi connectivity index (χ0v) is 18.4. The number of fused-ring (bicyclic) bond motifs is 1. The Morgan fingerprint density at radius 3 is 2.75 bits per heavy atom. The molecule has 0 atom stereocenters. The number of ether oxygens (including phenoxy) is 1. The molecule has 0 spiro atoms. The van der Waals surface area contributed by atoms with Crippen LogP contribution >= 0.6 is 0 Å². The average molecular weight is 460 g/mol. The summed E-state index contributed by atoms with van der Waals surface area (Å²) in [5, 5.41) is 0. The van der Waals surface area contributed by atoms with E-state index < -0.39 is 21.7 Å². The molecule has 1 aromatic carbocycles. The molecule has 0 saturated carbocycles. The maximum Gasteiger partial charge on any atom is 0.419 e. The van der Waals surface area contributed by atoms with Gasteiger partial charge in [-0.1, -0.05) is 6.07 Å². The van der Waals surface area contributed by atoms with Crippen LogP contribution < -0.4 is 5.76 Å². The van der Waals surface area contributed by atoms with E-state index in [-0.39, 0.29) is 30.1 Å². The van der Waals surface area contributed by atoms with Crippen LogP contribution in [-0.4, -0.2) is 47.9 Å². The van der Waals surface area contributed by atoms with E-state index in [9.17, 15) is 18.0 Å². The van der Waals surface area contributed by atoms with E-state index in [0.29, 0.717) is 25.0 Å². The van der Waals surface area contributed by atoms with Crippen molar-refractivity contribution in [2.45, 2.75) is 43.5 Å². The van der Waals surface area contributed by atoms with Gasteiger partial charge in [0.05, 0.1) is 23.4 Å².